The number of nitrogens with zero attached hydrogens (tertiary/aromatic N) is 3. The zero-order valence-electron chi connectivity index (χ0n) is 25.8. The van der Waals surface area contributed by atoms with Crippen molar-refractivity contribution in [1.82, 2.24) is 25.6 Å². The Morgan fingerprint density at radius 2 is 1.62 bits per heavy atom. The molecule has 2 aliphatic rings. The van der Waals surface area contributed by atoms with Crippen LogP contribution in [0.4, 0.5) is 0 Å². The summed E-state index contributed by atoms with van der Waals surface area (Å²) in [6, 6.07) is 6.93. The molecule has 2 aromatic rings. The Kier molecular flexibility index (Phi) is 14.4. The van der Waals surface area contributed by atoms with Crippen molar-refractivity contribution in [3.63, 3.8) is 0 Å². The van der Waals surface area contributed by atoms with Gasteiger partial charge in [-0.2, -0.15) is 0 Å². The standard InChI is InChI=1S/C32H41N5O10/c38-21-26-28(40)29(41)30(42)32(47-26)46-19-18-45-17-16-44-15-14-37-20-25(35-36-37)22-8-10-23(11-9-22)31(43)33-13-12-27(39)34-24-6-4-2-1-3-5-7-24/h1-11,20,26,28-30,32,38,40-42H,12-19,21H2,(H,33,43)(H,34,39)/b2-1-,3-1?,4-2?,5-3-,6-4-,7-5?,24-6?,24-7+/t26-,28-,29+,30+,32?/m1/s1. The van der Waals surface area contributed by atoms with E-state index in [0.29, 0.717) is 43.3 Å². The fraction of sp³-hybridized carbons (Fsp3) is 0.438. The second-order valence-electron chi connectivity index (χ2n) is 10.5. The number of aromatic nitrogens is 3. The van der Waals surface area contributed by atoms with Crippen molar-refractivity contribution in [3.8, 4) is 11.3 Å². The van der Waals surface area contributed by atoms with Crippen LogP contribution in [0.25, 0.3) is 11.3 Å². The molecule has 1 aromatic heterocycles. The molecule has 1 aromatic carbocycles. The molecule has 47 heavy (non-hydrogen) atoms. The summed E-state index contributed by atoms with van der Waals surface area (Å²) in [5.74, 6) is -0.483. The van der Waals surface area contributed by atoms with Gasteiger partial charge in [0.1, 0.15) is 30.1 Å². The molecular formula is C32H41N5O10. The highest BCUT2D eigenvalue weighted by atomic mass is 16.7. The molecule has 0 radical (unpaired) electrons. The molecule has 15 nitrogen and oxygen atoms in total. The van der Waals surface area contributed by atoms with E-state index in [1.165, 1.54) is 0 Å². The van der Waals surface area contributed by atoms with E-state index >= 15 is 0 Å². The summed E-state index contributed by atoms with van der Waals surface area (Å²) in [7, 11) is 0. The number of ether oxygens (including phenoxy) is 4. The molecule has 15 heteroatoms. The third-order valence-electron chi connectivity index (χ3n) is 7.09. The first-order valence-corrected chi connectivity index (χ1v) is 15.2. The second-order valence-corrected chi connectivity index (χ2v) is 10.5. The van der Waals surface area contributed by atoms with Gasteiger partial charge in [0.15, 0.2) is 6.29 Å². The van der Waals surface area contributed by atoms with E-state index in [1.54, 1.807) is 47.3 Å². The van der Waals surface area contributed by atoms with E-state index in [0.717, 1.165) is 5.56 Å². The second kappa shape index (κ2) is 18.9. The molecule has 0 bridgehead atoms. The molecule has 1 unspecified atom stereocenters. The van der Waals surface area contributed by atoms with Crippen LogP contribution in [-0.4, -0.2) is 124 Å². The molecule has 6 N–H and O–H groups in total. The molecule has 0 spiro atoms. The van der Waals surface area contributed by atoms with Crippen molar-refractivity contribution in [2.75, 3.05) is 46.2 Å². The molecule has 1 fully saturated rings. The lowest BCUT2D eigenvalue weighted by Gasteiger charge is -2.39. The lowest BCUT2D eigenvalue weighted by atomic mass is 9.99. The quantitative estimate of drug-likeness (QED) is 0.120. The van der Waals surface area contributed by atoms with E-state index in [9.17, 15) is 30.0 Å². The molecular weight excluding hydrogens is 614 g/mol. The zero-order valence-corrected chi connectivity index (χ0v) is 25.8. The van der Waals surface area contributed by atoms with Crippen molar-refractivity contribution >= 4 is 11.8 Å². The van der Waals surface area contributed by atoms with Gasteiger partial charge >= 0.3 is 0 Å². The third-order valence-corrected chi connectivity index (χ3v) is 7.09. The molecule has 1 aliphatic carbocycles. The van der Waals surface area contributed by atoms with Gasteiger partial charge in [-0.3, -0.25) is 9.59 Å². The Morgan fingerprint density at radius 1 is 0.894 bits per heavy atom. The number of benzene rings is 1. The summed E-state index contributed by atoms with van der Waals surface area (Å²) in [5.41, 5.74) is 2.56. The smallest absolute Gasteiger partial charge is 0.251 e. The van der Waals surface area contributed by atoms with Crippen molar-refractivity contribution in [1.29, 1.82) is 0 Å². The van der Waals surface area contributed by atoms with Crippen molar-refractivity contribution in [2.24, 2.45) is 0 Å². The molecule has 1 aliphatic heterocycles. The number of nitrogens with one attached hydrogen (secondary N) is 2. The number of hydrogen-bond acceptors (Lipinski definition) is 12. The van der Waals surface area contributed by atoms with Crippen molar-refractivity contribution in [2.45, 2.75) is 43.7 Å². The van der Waals surface area contributed by atoms with E-state index in [4.69, 9.17) is 18.9 Å². The summed E-state index contributed by atoms with van der Waals surface area (Å²) < 4.78 is 23.3. The number of allylic oxidation sites excluding steroid dienone is 7. The Bertz CT molecular complexity index is 1410. The van der Waals surface area contributed by atoms with Crippen LogP contribution in [0.5, 0.6) is 0 Å². The van der Waals surface area contributed by atoms with Gasteiger partial charge in [0.25, 0.3) is 5.91 Å². The van der Waals surface area contributed by atoms with Crippen LogP contribution in [0.2, 0.25) is 0 Å². The summed E-state index contributed by atoms with van der Waals surface area (Å²) in [6.07, 6.45) is 8.17. The van der Waals surface area contributed by atoms with E-state index in [2.05, 4.69) is 20.9 Å². The highest BCUT2D eigenvalue weighted by Crippen LogP contribution is 2.22. The predicted octanol–water partition coefficient (Wildman–Crippen LogP) is -0.403. The van der Waals surface area contributed by atoms with Crippen LogP contribution >= 0.6 is 0 Å². The average molecular weight is 656 g/mol. The highest BCUT2D eigenvalue weighted by Gasteiger charge is 2.43. The van der Waals surface area contributed by atoms with Crippen LogP contribution in [-0.2, 0) is 30.3 Å². The molecule has 2 amide bonds. The highest BCUT2D eigenvalue weighted by molar-refractivity contribution is 5.94. The number of amides is 2. The summed E-state index contributed by atoms with van der Waals surface area (Å²) in [4.78, 5) is 24.8. The fourth-order valence-corrected chi connectivity index (χ4v) is 4.51. The first-order valence-electron chi connectivity index (χ1n) is 15.2. The van der Waals surface area contributed by atoms with Gasteiger partial charge in [0, 0.05) is 29.8 Å². The monoisotopic (exact) mass is 655 g/mol. The Morgan fingerprint density at radius 3 is 2.40 bits per heavy atom. The summed E-state index contributed by atoms with van der Waals surface area (Å²) in [6.45, 7) is 1.34. The number of aliphatic hydroxyl groups is 4. The van der Waals surface area contributed by atoms with Gasteiger partial charge < -0.3 is 50.0 Å². The maximum absolute atomic E-state index is 12.5. The lowest BCUT2D eigenvalue weighted by Crippen LogP contribution is -2.59. The number of carbonyl (C=O) groups is 2. The first kappa shape index (κ1) is 35.8. The number of rotatable bonds is 17. The van der Waals surface area contributed by atoms with Crippen LogP contribution < -0.4 is 10.6 Å². The maximum atomic E-state index is 12.5. The molecule has 1 saturated heterocycles. The number of aliphatic hydroxyl groups excluding tert-OH is 4. The normalized spacial score (nSPS) is 25.5. The van der Waals surface area contributed by atoms with Crippen LogP contribution in [0.3, 0.4) is 0 Å². The SMILES string of the molecule is O=C(CCNC(=O)c1ccc(-c2cn(CCOCCOCCOC3O[C@H](CO)[C@@H](O)[C@H](O)[C@@H]3O)nn2)cc1)NC1=C/C=C\C=C/C=C\1. The average Bonchev–Trinajstić information content (AvgIpc) is 3.54. The topological polar surface area (TPSA) is 207 Å². The van der Waals surface area contributed by atoms with Crippen LogP contribution in [0, 0.1) is 0 Å². The first-order chi connectivity index (χ1) is 22.9. The fourth-order valence-electron chi connectivity index (χ4n) is 4.51. The van der Waals surface area contributed by atoms with Crippen LogP contribution in [0.15, 0.2) is 78.7 Å². The Balaban J connectivity index is 1.07. The van der Waals surface area contributed by atoms with Gasteiger partial charge in [-0.05, 0) is 24.3 Å². The minimum absolute atomic E-state index is 0.0580. The molecule has 5 atom stereocenters. The molecule has 0 saturated carbocycles. The molecule has 4 rings (SSSR count). The molecule has 2 heterocycles. The Hall–Kier alpha value is -4.06. The van der Waals surface area contributed by atoms with E-state index < -0.39 is 37.3 Å². The van der Waals surface area contributed by atoms with Crippen molar-refractivity contribution in [3.05, 3.63) is 84.3 Å². The van der Waals surface area contributed by atoms with Crippen molar-refractivity contribution < 1.29 is 49.0 Å². The minimum Gasteiger partial charge on any atom is -0.394 e. The largest absolute Gasteiger partial charge is 0.394 e. The van der Waals surface area contributed by atoms with Gasteiger partial charge in [0.05, 0.1) is 52.4 Å². The van der Waals surface area contributed by atoms with Crippen LogP contribution in [0.1, 0.15) is 16.8 Å². The van der Waals surface area contributed by atoms with Gasteiger partial charge in [0.2, 0.25) is 5.91 Å². The molecule has 254 valence electrons. The number of hydrogen-bond donors (Lipinski definition) is 6. The van der Waals surface area contributed by atoms with Gasteiger partial charge in [-0.1, -0.05) is 47.7 Å². The maximum Gasteiger partial charge on any atom is 0.251 e. The van der Waals surface area contributed by atoms with E-state index in [1.807, 2.05) is 30.4 Å². The summed E-state index contributed by atoms with van der Waals surface area (Å²) in [5, 5.41) is 52.6. The number of carbonyl (C=O) groups excluding carboxylic acids is 2. The lowest BCUT2D eigenvalue weighted by molar-refractivity contribution is -0.302. The minimum atomic E-state index is -1.49. The Labute approximate surface area is 271 Å². The zero-order chi connectivity index (χ0) is 33.4. The van der Waals surface area contributed by atoms with Gasteiger partial charge in [-0.25, -0.2) is 4.68 Å². The predicted molar refractivity (Wildman–Crippen MR) is 167 cm³/mol. The third kappa shape index (κ3) is 11.3. The summed E-state index contributed by atoms with van der Waals surface area (Å²) >= 11 is 0. The van der Waals surface area contributed by atoms with Gasteiger partial charge in [-0.15, -0.1) is 5.10 Å². The van der Waals surface area contributed by atoms with E-state index in [-0.39, 0.29) is 38.0 Å².